The van der Waals surface area contributed by atoms with Crippen LogP contribution < -0.4 is 0 Å². The van der Waals surface area contributed by atoms with Gasteiger partial charge in [-0.15, -0.1) is 11.6 Å². The highest BCUT2D eigenvalue weighted by molar-refractivity contribution is 6.17. The van der Waals surface area contributed by atoms with Crippen molar-refractivity contribution in [1.82, 2.24) is 4.90 Å². The number of benzene rings is 1. The van der Waals surface area contributed by atoms with Gasteiger partial charge in [-0.25, -0.2) is 0 Å². The lowest BCUT2D eigenvalue weighted by Crippen LogP contribution is -2.19. The van der Waals surface area contributed by atoms with E-state index in [-0.39, 0.29) is 0 Å². The second-order valence-electron chi connectivity index (χ2n) is 5.53. The molecule has 0 bridgehead atoms. The summed E-state index contributed by atoms with van der Waals surface area (Å²) in [6.45, 7) is 1.03. The molecule has 1 saturated carbocycles. The van der Waals surface area contributed by atoms with E-state index in [9.17, 15) is 0 Å². The van der Waals surface area contributed by atoms with E-state index in [1.807, 2.05) is 0 Å². The predicted octanol–water partition coefficient (Wildman–Crippen LogP) is 4.40. The first kappa shape index (κ1) is 13.9. The number of halogens is 1. The molecule has 0 spiro atoms. The molecule has 0 aliphatic heterocycles. The van der Waals surface area contributed by atoms with E-state index >= 15 is 0 Å². The SMILES string of the molecule is CN(CCl)CCc1ccc(C2CCCCC2)cc1. The molecule has 2 heteroatoms. The zero-order valence-corrected chi connectivity index (χ0v) is 12.1. The molecule has 0 atom stereocenters. The van der Waals surface area contributed by atoms with Gasteiger partial charge in [0.25, 0.3) is 0 Å². The van der Waals surface area contributed by atoms with Gasteiger partial charge < -0.3 is 0 Å². The first-order valence-electron chi connectivity index (χ1n) is 7.13. The van der Waals surface area contributed by atoms with Crippen LogP contribution >= 0.6 is 11.6 Å². The monoisotopic (exact) mass is 265 g/mol. The van der Waals surface area contributed by atoms with Crippen molar-refractivity contribution in [3.05, 3.63) is 35.4 Å². The van der Waals surface area contributed by atoms with E-state index < -0.39 is 0 Å². The van der Waals surface area contributed by atoms with Gasteiger partial charge in [0, 0.05) is 6.54 Å². The molecule has 0 saturated heterocycles. The van der Waals surface area contributed by atoms with Crippen LogP contribution in [0.2, 0.25) is 0 Å². The average Bonchev–Trinajstić information content (AvgIpc) is 2.46. The van der Waals surface area contributed by atoms with Crippen molar-refractivity contribution in [2.45, 2.75) is 44.4 Å². The quantitative estimate of drug-likeness (QED) is 0.563. The minimum atomic E-state index is 0.611. The first-order chi connectivity index (χ1) is 8.79. The Morgan fingerprint density at radius 1 is 1.11 bits per heavy atom. The van der Waals surface area contributed by atoms with Gasteiger partial charge in [-0.3, -0.25) is 4.90 Å². The standard InChI is InChI=1S/C16H24ClN/c1-18(13-17)12-11-14-7-9-16(10-8-14)15-5-3-2-4-6-15/h7-10,15H,2-6,11-13H2,1H3. The second-order valence-corrected chi connectivity index (χ2v) is 5.76. The molecule has 1 fully saturated rings. The van der Waals surface area contributed by atoms with Gasteiger partial charge in [-0.1, -0.05) is 43.5 Å². The summed E-state index contributed by atoms with van der Waals surface area (Å²) in [5.74, 6) is 0.818. The Labute approximate surface area is 116 Å². The van der Waals surface area contributed by atoms with Crippen LogP contribution in [0.5, 0.6) is 0 Å². The summed E-state index contributed by atoms with van der Waals surface area (Å²) in [6.07, 6.45) is 8.11. The molecule has 0 amide bonds. The van der Waals surface area contributed by atoms with Crippen molar-refractivity contribution in [1.29, 1.82) is 0 Å². The van der Waals surface area contributed by atoms with Gasteiger partial charge in [-0.2, -0.15) is 0 Å². The maximum atomic E-state index is 5.77. The van der Waals surface area contributed by atoms with Crippen LogP contribution in [0.3, 0.4) is 0 Å². The third-order valence-corrected chi connectivity index (χ3v) is 4.45. The van der Waals surface area contributed by atoms with E-state index in [0.29, 0.717) is 6.00 Å². The van der Waals surface area contributed by atoms with Crippen LogP contribution in [0.4, 0.5) is 0 Å². The van der Waals surface area contributed by atoms with Crippen LogP contribution in [0.25, 0.3) is 0 Å². The molecular weight excluding hydrogens is 242 g/mol. The maximum absolute atomic E-state index is 5.77. The molecule has 0 unspecified atom stereocenters. The van der Waals surface area contributed by atoms with Gasteiger partial charge >= 0.3 is 0 Å². The Morgan fingerprint density at radius 2 is 1.78 bits per heavy atom. The summed E-state index contributed by atoms with van der Waals surface area (Å²) in [7, 11) is 2.06. The number of rotatable bonds is 5. The predicted molar refractivity (Wildman–Crippen MR) is 79.3 cm³/mol. The molecule has 1 aromatic carbocycles. The number of hydrogen-bond donors (Lipinski definition) is 0. The summed E-state index contributed by atoms with van der Waals surface area (Å²) in [6, 6.07) is 9.89. The van der Waals surface area contributed by atoms with Crippen LogP contribution in [-0.2, 0) is 6.42 Å². The molecule has 0 aromatic heterocycles. The maximum Gasteiger partial charge on any atom is 0.0736 e. The Morgan fingerprint density at radius 3 is 2.39 bits per heavy atom. The van der Waals surface area contributed by atoms with Crippen LogP contribution in [0, 0.1) is 0 Å². The molecule has 1 aliphatic rings. The third kappa shape index (κ3) is 4.00. The summed E-state index contributed by atoms with van der Waals surface area (Å²) in [5, 5.41) is 0. The van der Waals surface area contributed by atoms with E-state index in [4.69, 9.17) is 11.6 Å². The van der Waals surface area contributed by atoms with Crippen LogP contribution in [0.15, 0.2) is 24.3 Å². The fourth-order valence-corrected chi connectivity index (χ4v) is 2.89. The Bertz CT molecular complexity index is 341. The van der Waals surface area contributed by atoms with E-state index in [1.54, 1.807) is 5.56 Å². The lowest BCUT2D eigenvalue weighted by atomic mass is 9.84. The minimum absolute atomic E-state index is 0.611. The van der Waals surface area contributed by atoms with E-state index in [1.165, 1.54) is 37.7 Å². The highest BCUT2D eigenvalue weighted by Crippen LogP contribution is 2.32. The molecule has 2 rings (SSSR count). The van der Waals surface area contributed by atoms with E-state index in [2.05, 4.69) is 36.2 Å². The summed E-state index contributed by atoms with van der Waals surface area (Å²) in [5.41, 5.74) is 2.97. The van der Waals surface area contributed by atoms with Gasteiger partial charge in [-0.05, 0) is 43.4 Å². The molecular formula is C16H24ClN. The zero-order valence-electron chi connectivity index (χ0n) is 11.4. The second kappa shape index (κ2) is 7.16. The van der Waals surface area contributed by atoms with Crippen molar-refractivity contribution in [2.75, 3.05) is 19.6 Å². The molecule has 1 aromatic rings. The van der Waals surface area contributed by atoms with Crippen molar-refractivity contribution in [2.24, 2.45) is 0 Å². The lowest BCUT2D eigenvalue weighted by Gasteiger charge is -2.22. The van der Waals surface area contributed by atoms with Crippen molar-refractivity contribution < 1.29 is 0 Å². The van der Waals surface area contributed by atoms with Crippen molar-refractivity contribution in [3.63, 3.8) is 0 Å². The Balaban J connectivity index is 1.88. The molecule has 18 heavy (non-hydrogen) atoms. The lowest BCUT2D eigenvalue weighted by molar-refractivity contribution is 0.394. The molecule has 1 nitrogen and oxygen atoms in total. The summed E-state index contributed by atoms with van der Waals surface area (Å²) in [4.78, 5) is 2.14. The van der Waals surface area contributed by atoms with Gasteiger partial charge in [0.1, 0.15) is 0 Å². The Hall–Kier alpha value is -0.530. The number of likely N-dealkylation sites (N-methyl/N-ethyl adjacent to an activating group) is 1. The van der Waals surface area contributed by atoms with Gasteiger partial charge in [0.15, 0.2) is 0 Å². The highest BCUT2D eigenvalue weighted by Gasteiger charge is 2.14. The van der Waals surface area contributed by atoms with Gasteiger partial charge in [0.05, 0.1) is 6.00 Å². The smallest absolute Gasteiger partial charge is 0.0736 e. The van der Waals surface area contributed by atoms with Crippen molar-refractivity contribution >= 4 is 11.6 Å². The third-order valence-electron chi connectivity index (χ3n) is 4.04. The zero-order chi connectivity index (χ0) is 12.8. The van der Waals surface area contributed by atoms with Gasteiger partial charge in [0.2, 0.25) is 0 Å². The normalized spacial score (nSPS) is 17.3. The topological polar surface area (TPSA) is 3.24 Å². The largest absolute Gasteiger partial charge is 0.293 e. The molecule has 1 aliphatic carbocycles. The molecule has 0 heterocycles. The first-order valence-corrected chi connectivity index (χ1v) is 7.66. The fourth-order valence-electron chi connectivity index (χ4n) is 2.77. The summed E-state index contributed by atoms with van der Waals surface area (Å²) < 4.78 is 0. The molecule has 0 radical (unpaired) electrons. The Kier molecular flexibility index (Phi) is 5.52. The molecule has 0 N–H and O–H groups in total. The fraction of sp³-hybridized carbons (Fsp3) is 0.625. The minimum Gasteiger partial charge on any atom is -0.293 e. The molecule has 100 valence electrons. The average molecular weight is 266 g/mol. The number of nitrogens with zero attached hydrogens (tertiary/aromatic N) is 1. The van der Waals surface area contributed by atoms with Crippen LogP contribution in [0.1, 0.15) is 49.1 Å². The summed E-state index contributed by atoms with van der Waals surface area (Å²) >= 11 is 5.77. The van der Waals surface area contributed by atoms with Crippen molar-refractivity contribution in [3.8, 4) is 0 Å². The van der Waals surface area contributed by atoms with Crippen LogP contribution in [-0.4, -0.2) is 24.5 Å². The van der Waals surface area contributed by atoms with E-state index in [0.717, 1.165) is 18.9 Å². The number of hydrogen-bond acceptors (Lipinski definition) is 1. The number of alkyl halides is 1. The highest BCUT2D eigenvalue weighted by atomic mass is 35.5.